The third kappa shape index (κ3) is 4.45. The highest BCUT2D eigenvalue weighted by molar-refractivity contribution is 5.97. The van der Waals surface area contributed by atoms with Crippen LogP contribution in [0.5, 0.6) is 0 Å². The van der Waals surface area contributed by atoms with E-state index in [0.29, 0.717) is 11.3 Å². The van der Waals surface area contributed by atoms with Gasteiger partial charge < -0.3 is 20.2 Å². The van der Waals surface area contributed by atoms with Gasteiger partial charge in [-0.25, -0.2) is 0 Å². The number of amides is 2. The van der Waals surface area contributed by atoms with Crippen LogP contribution in [0, 0.1) is 6.92 Å². The molecule has 0 fully saturated rings. The Kier molecular flexibility index (Phi) is 6.14. The summed E-state index contributed by atoms with van der Waals surface area (Å²) in [5.74, 6) is -0.246. The first kappa shape index (κ1) is 17.7. The topological polar surface area (TPSA) is 91.6 Å². The summed E-state index contributed by atoms with van der Waals surface area (Å²) in [7, 11) is 0. The second kappa shape index (κ2) is 8.31. The van der Waals surface area contributed by atoms with E-state index in [-0.39, 0.29) is 25.0 Å². The highest BCUT2D eigenvalue weighted by atomic mass is 16.3. The van der Waals surface area contributed by atoms with Crippen molar-refractivity contribution < 1.29 is 19.1 Å². The molecule has 2 aromatic rings. The van der Waals surface area contributed by atoms with Gasteiger partial charge in [0.05, 0.1) is 31.0 Å². The standard InChI is InChI=1S/C18H22N2O4/c1-3-13-4-6-14(7-5-13)16(11-21)20-17(22)10-19-18(23)15-8-9-24-12(15)2/h4-9,16,21H,3,10-11H2,1-2H3,(H,19,23)(H,20,22). The van der Waals surface area contributed by atoms with Gasteiger partial charge in [-0.2, -0.15) is 0 Å². The minimum Gasteiger partial charge on any atom is -0.469 e. The monoisotopic (exact) mass is 330 g/mol. The molecule has 24 heavy (non-hydrogen) atoms. The minimum absolute atomic E-state index is 0.174. The second-order valence-electron chi connectivity index (χ2n) is 5.47. The van der Waals surface area contributed by atoms with Crippen LogP contribution >= 0.6 is 0 Å². The van der Waals surface area contributed by atoms with Crippen molar-refractivity contribution in [1.82, 2.24) is 10.6 Å². The molecular formula is C18H22N2O4. The van der Waals surface area contributed by atoms with E-state index in [1.54, 1.807) is 13.0 Å². The van der Waals surface area contributed by atoms with Crippen molar-refractivity contribution >= 4 is 11.8 Å². The molecule has 0 saturated heterocycles. The van der Waals surface area contributed by atoms with Crippen LogP contribution in [0.2, 0.25) is 0 Å². The van der Waals surface area contributed by atoms with Crippen molar-refractivity contribution in [1.29, 1.82) is 0 Å². The average Bonchev–Trinajstić information content (AvgIpc) is 3.03. The molecule has 1 atom stereocenters. The summed E-state index contributed by atoms with van der Waals surface area (Å²) in [6, 6.07) is 8.74. The van der Waals surface area contributed by atoms with Crippen molar-refractivity contribution in [3.05, 3.63) is 59.0 Å². The first-order chi connectivity index (χ1) is 11.5. The predicted octanol–water partition coefficient (Wildman–Crippen LogP) is 1.73. The molecule has 0 saturated carbocycles. The zero-order chi connectivity index (χ0) is 17.5. The Labute approximate surface area is 140 Å². The number of nitrogens with one attached hydrogen (secondary N) is 2. The van der Waals surface area contributed by atoms with Crippen LogP contribution in [0.3, 0.4) is 0 Å². The van der Waals surface area contributed by atoms with Crippen LogP contribution in [0.4, 0.5) is 0 Å². The molecule has 6 nitrogen and oxygen atoms in total. The highest BCUT2D eigenvalue weighted by Gasteiger charge is 2.16. The fourth-order valence-corrected chi connectivity index (χ4v) is 2.34. The van der Waals surface area contributed by atoms with Gasteiger partial charge in [0.1, 0.15) is 5.76 Å². The van der Waals surface area contributed by atoms with Crippen LogP contribution < -0.4 is 10.6 Å². The molecular weight excluding hydrogens is 308 g/mol. The average molecular weight is 330 g/mol. The number of aliphatic hydroxyl groups excluding tert-OH is 1. The van der Waals surface area contributed by atoms with E-state index in [2.05, 4.69) is 17.6 Å². The van der Waals surface area contributed by atoms with E-state index < -0.39 is 6.04 Å². The molecule has 0 aliphatic heterocycles. The predicted molar refractivity (Wildman–Crippen MR) is 89.6 cm³/mol. The van der Waals surface area contributed by atoms with Gasteiger partial charge in [0.25, 0.3) is 5.91 Å². The smallest absolute Gasteiger partial charge is 0.255 e. The number of aliphatic hydroxyl groups is 1. The zero-order valence-electron chi connectivity index (χ0n) is 13.8. The molecule has 2 rings (SSSR count). The number of furan rings is 1. The normalized spacial score (nSPS) is 11.8. The number of carbonyl (C=O) groups excluding carboxylic acids is 2. The second-order valence-corrected chi connectivity index (χ2v) is 5.47. The van der Waals surface area contributed by atoms with Crippen molar-refractivity contribution in [2.24, 2.45) is 0 Å². The quantitative estimate of drug-likeness (QED) is 0.721. The summed E-state index contributed by atoms with van der Waals surface area (Å²) >= 11 is 0. The Morgan fingerprint density at radius 2 is 1.92 bits per heavy atom. The van der Waals surface area contributed by atoms with E-state index in [1.807, 2.05) is 24.3 Å². The van der Waals surface area contributed by atoms with Gasteiger partial charge in [-0.3, -0.25) is 9.59 Å². The molecule has 128 valence electrons. The van der Waals surface area contributed by atoms with E-state index in [0.717, 1.165) is 12.0 Å². The third-order valence-corrected chi connectivity index (χ3v) is 3.82. The number of hydrogen-bond donors (Lipinski definition) is 3. The summed E-state index contributed by atoms with van der Waals surface area (Å²) in [5.41, 5.74) is 2.40. The van der Waals surface area contributed by atoms with E-state index in [9.17, 15) is 14.7 Å². The molecule has 1 heterocycles. The molecule has 1 aromatic heterocycles. The van der Waals surface area contributed by atoms with Gasteiger partial charge in [-0.15, -0.1) is 0 Å². The van der Waals surface area contributed by atoms with Gasteiger partial charge in [-0.1, -0.05) is 31.2 Å². The fraction of sp³-hybridized carbons (Fsp3) is 0.333. The van der Waals surface area contributed by atoms with Crippen LogP contribution in [0.25, 0.3) is 0 Å². The number of benzene rings is 1. The zero-order valence-corrected chi connectivity index (χ0v) is 13.8. The summed E-state index contributed by atoms with van der Waals surface area (Å²) in [5, 5.41) is 14.7. The van der Waals surface area contributed by atoms with Gasteiger partial charge in [0, 0.05) is 0 Å². The lowest BCUT2D eigenvalue weighted by atomic mass is 10.0. The summed E-state index contributed by atoms with van der Waals surface area (Å²) < 4.78 is 5.06. The Morgan fingerprint density at radius 3 is 2.46 bits per heavy atom. The van der Waals surface area contributed by atoms with E-state index in [4.69, 9.17) is 4.42 Å². The summed E-state index contributed by atoms with van der Waals surface area (Å²) in [6.45, 7) is 3.35. The number of rotatable bonds is 7. The van der Waals surface area contributed by atoms with Crippen molar-refractivity contribution in [3.63, 3.8) is 0 Å². The van der Waals surface area contributed by atoms with Crippen LogP contribution in [0.1, 0.15) is 40.2 Å². The van der Waals surface area contributed by atoms with Crippen LogP contribution in [-0.2, 0) is 11.2 Å². The van der Waals surface area contributed by atoms with Crippen LogP contribution in [0.15, 0.2) is 41.0 Å². The van der Waals surface area contributed by atoms with Gasteiger partial charge in [-0.05, 0) is 30.5 Å². The van der Waals surface area contributed by atoms with Crippen LogP contribution in [-0.4, -0.2) is 30.1 Å². The first-order valence-electron chi connectivity index (χ1n) is 7.86. The summed E-state index contributed by atoms with van der Waals surface area (Å²) in [6.07, 6.45) is 2.35. The van der Waals surface area contributed by atoms with Gasteiger partial charge in [0.15, 0.2) is 0 Å². The largest absolute Gasteiger partial charge is 0.469 e. The summed E-state index contributed by atoms with van der Waals surface area (Å²) in [4.78, 5) is 23.9. The Morgan fingerprint density at radius 1 is 1.21 bits per heavy atom. The number of carbonyl (C=O) groups is 2. The third-order valence-electron chi connectivity index (χ3n) is 3.82. The lowest BCUT2D eigenvalue weighted by molar-refractivity contribution is -0.121. The van der Waals surface area contributed by atoms with Crippen molar-refractivity contribution in [2.45, 2.75) is 26.3 Å². The fourth-order valence-electron chi connectivity index (χ4n) is 2.34. The molecule has 0 spiro atoms. The van der Waals surface area contributed by atoms with Gasteiger partial charge in [0.2, 0.25) is 5.91 Å². The minimum atomic E-state index is -0.504. The Balaban J connectivity index is 1.89. The maximum Gasteiger partial charge on any atom is 0.255 e. The molecule has 0 radical (unpaired) electrons. The molecule has 0 aliphatic rings. The van der Waals surface area contributed by atoms with E-state index in [1.165, 1.54) is 11.8 Å². The number of hydrogen-bond acceptors (Lipinski definition) is 4. The lowest BCUT2D eigenvalue weighted by Crippen LogP contribution is -2.39. The van der Waals surface area contributed by atoms with Crippen molar-refractivity contribution in [3.8, 4) is 0 Å². The molecule has 2 amide bonds. The molecule has 6 heteroatoms. The van der Waals surface area contributed by atoms with Gasteiger partial charge >= 0.3 is 0 Å². The molecule has 0 bridgehead atoms. The van der Waals surface area contributed by atoms with Crippen molar-refractivity contribution in [2.75, 3.05) is 13.2 Å². The maximum absolute atomic E-state index is 12.0. The SMILES string of the molecule is CCc1ccc(C(CO)NC(=O)CNC(=O)c2ccoc2C)cc1. The Hall–Kier alpha value is -2.60. The highest BCUT2D eigenvalue weighted by Crippen LogP contribution is 2.14. The Bertz CT molecular complexity index is 691. The maximum atomic E-state index is 12.0. The number of aryl methyl sites for hydroxylation is 2. The first-order valence-corrected chi connectivity index (χ1v) is 7.86. The molecule has 3 N–H and O–H groups in total. The van der Waals surface area contributed by atoms with E-state index >= 15 is 0 Å². The lowest BCUT2D eigenvalue weighted by Gasteiger charge is -2.17. The molecule has 1 aromatic carbocycles. The molecule has 0 aliphatic carbocycles. The molecule has 1 unspecified atom stereocenters.